The van der Waals surface area contributed by atoms with Gasteiger partial charge in [-0.15, -0.1) is 0 Å². The Balaban J connectivity index is 1.71. The number of amides is 1. The van der Waals surface area contributed by atoms with Gasteiger partial charge in [0.05, 0.1) is 18.4 Å². The molecule has 0 N–H and O–H groups in total. The van der Waals surface area contributed by atoms with E-state index in [9.17, 15) is 9.18 Å². The van der Waals surface area contributed by atoms with E-state index >= 15 is 0 Å². The number of likely N-dealkylation sites (tertiary alicyclic amines) is 1. The second kappa shape index (κ2) is 4.79. The SMILES string of the molecule is O=C(c1ccc(F)cc1)N1CCC(n2nccn2)C1. The summed E-state index contributed by atoms with van der Waals surface area (Å²) in [5, 5.41) is 8.19. The van der Waals surface area contributed by atoms with Crippen LogP contribution in [0.2, 0.25) is 0 Å². The van der Waals surface area contributed by atoms with Crippen molar-refractivity contribution in [3.05, 3.63) is 48.0 Å². The van der Waals surface area contributed by atoms with Crippen molar-refractivity contribution in [2.45, 2.75) is 12.5 Å². The van der Waals surface area contributed by atoms with Crippen LogP contribution in [-0.2, 0) is 0 Å². The summed E-state index contributed by atoms with van der Waals surface area (Å²) in [5.41, 5.74) is 0.510. The molecule has 1 saturated heterocycles. The van der Waals surface area contributed by atoms with Gasteiger partial charge < -0.3 is 4.90 Å². The van der Waals surface area contributed by atoms with Crippen LogP contribution in [0.1, 0.15) is 22.8 Å². The maximum atomic E-state index is 12.8. The summed E-state index contributed by atoms with van der Waals surface area (Å²) < 4.78 is 12.8. The number of halogens is 1. The summed E-state index contributed by atoms with van der Waals surface area (Å²) in [4.78, 5) is 15.6. The van der Waals surface area contributed by atoms with Gasteiger partial charge in [0.25, 0.3) is 5.91 Å². The average Bonchev–Trinajstić information content (AvgIpc) is 3.10. The van der Waals surface area contributed by atoms with E-state index in [0.717, 1.165) is 6.42 Å². The molecule has 1 unspecified atom stereocenters. The van der Waals surface area contributed by atoms with E-state index in [-0.39, 0.29) is 17.8 Å². The third-order valence-electron chi connectivity index (χ3n) is 3.30. The van der Waals surface area contributed by atoms with Crippen LogP contribution >= 0.6 is 0 Å². The molecule has 2 heterocycles. The predicted octanol–water partition coefficient (Wildman–Crippen LogP) is 1.50. The number of rotatable bonds is 2. The Labute approximate surface area is 109 Å². The highest BCUT2D eigenvalue weighted by Crippen LogP contribution is 2.21. The Hall–Kier alpha value is -2.24. The van der Waals surface area contributed by atoms with Gasteiger partial charge in [-0.2, -0.15) is 15.0 Å². The van der Waals surface area contributed by atoms with Gasteiger partial charge in [0, 0.05) is 18.7 Å². The summed E-state index contributed by atoms with van der Waals surface area (Å²) in [6, 6.07) is 5.75. The van der Waals surface area contributed by atoms with Gasteiger partial charge in [0.1, 0.15) is 5.82 Å². The Kier molecular flexibility index (Phi) is 2.98. The maximum Gasteiger partial charge on any atom is 0.253 e. The number of carbonyl (C=O) groups is 1. The van der Waals surface area contributed by atoms with Gasteiger partial charge in [-0.3, -0.25) is 4.79 Å². The topological polar surface area (TPSA) is 51.0 Å². The van der Waals surface area contributed by atoms with Crippen molar-refractivity contribution in [2.24, 2.45) is 0 Å². The number of hydrogen-bond acceptors (Lipinski definition) is 3. The Bertz CT molecular complexity index is 567. The second-order valence-corrected chi connectivity index (χ2v) is 4.55. The first-order valence-corrected chi connectivity index (χ1v) is 6.14. The molecule has 3 rings (SSSR count). The van der Waals surface area contributed by atoms with Crippen LogP contribution in [0.4, 0.5) is 4.39 Å². The predicted molar refractivity (Wildman–Crippen MR) is 66.0 cm³/mol. The molecule has 5 nitrogen and oxygen atoms in total. The number of aromatic nitrogens is 3. The van der Waals surface area contributed by atoms with E-state index in [1.165, 1.54) is 24.3 Å². The van der Waals surface area contributed by atoms with Crippen LogP contribution in [0.3, 0.4) is 0 Å². The zero-order valence-electron chi connectivity index (χ0n) is 10.2. The van der Waals surface area contributed by atoms with Gasteiger partial charge in [-0.1, -0.05) is 0 Å². The van der Waals surface area contributed by atoms with Crippen molar-refractivity contribution in [1.82, 2.24) is 19.9 Å². The highest BCUT2D eigenvalue weighted by atomic mass is 19.1. The molecule has 1 atom stereocenters. The fraction of sp³-hybridized carbons (Fsp3) is 0.308. The van der Waals surface area contributed by atoms with Crippen LogP contribution in [0.25, 0.3) is 0 Å². The zero-order valence-corrected chi connectivity index (χ0v) is 10.2. The first-order valence-electron chi connectivity index (χ1n) is 6.14. The van der Waals surface area contributed by atoms with Crippen LogP contribution in [0, 0.1) is 5.82 Å². The maximum absolute atomic E-state index is 12.8. The summed E-state index contributed by atoms with van der Waals surface area (Å²) >= 11 is 0. The molecule has 1 fully saturated rings. The van der Waals surface area contributed by atoms with Crippen molar-refractivity contribution in [2.75, 3.05) is 13.1 Å². The third kappa shape index (κ3) is 2.33. The normalized spacial score (nSPS) is 18.8. The second-order valence-electron chi connectivity index (χ2n) is 4.55. The van der Waals surface area contributed by atoms with Crippen LogP contribution < -0.4 is 0 Å². The van der Waals surface area contributed by atoms with Crippen LogP contribution in [0.15, 0.2) is 36.7 Å². The Morgan fingerprint density at radius 3 is 2.58 bits per heavy atom. The molecule has 1 aliphatic rings. The molecular weight excluding hydrogens is 247 g/mol. The largest absolute Gasteiger partial charge is 0.336 e. The van der Waals surface area contributed by atoms with Crippen molar-refractivity contribution >= 4 is 5.91 Å². The molecule has 1 aromatic carbocycles. The lowest BCUT2D eigenvalue weighted by molar-refractivity contribution is 0.0786. The molecule has 0 spiro atoms. The first-order chi connectivity index (χ1) is 9.24. The highest BCUT2D eigenvalue weighted by Gasteiger charge is 2.28. The monoisotopic (exact) mass is 260 g/mol. The minimum Gasteiger partial charge on any atom is -0.336 e. The Morgan fingerprint density at radius 2 is 1.89 bits per heavy atom. The van der Waals surface area contributed by atoms with Crippen molar-refractivity contribution in [3.63, 3.8) is 0 Å². The molecule has 19 heavy (non-hydrogen) atoms. The van der Waals surface area contributed by atoms with Crippen molar-refractivity contribution < 1.29 is 9.18 Å². The summed E-state index contributed by atoms with van der Waals surface area (Å²) in [6.45, 7) is 1.26. The minimum atomic E-state index is -0.336. The average molecular weight is 260 g/mol. The molecule has 2 aromatic rings. The van der Waals surface area contributed by atoms with Crippen LogP contribution in [0.5, 0.6) is 0 Å². The van der Waals surface area contributed by atoms with Crippen LogP contribution in [-0.4, -0.2) is 38.9 Å². The first kappa shape index (κ1) is 11.8. The lowest BCUT2D eigenvalue weighted by Crippen LogP contribution is -2.29. The smallest absolute Gasteiger partial charge is 0.253 e. The summed E-state index contributed by atoms with van der Waals surface area (Å²) in [7, 11) is 0. The lowest BCUT2D eigenvalue weighted by atomic mass is 10.2. The molecule has 1 amide bonds. The quantitative estimate of drug-likeness (QED) is 0.822. The lowest BCUT2D eigenvalue weighted by Gasteiger charge is -2.16. The fourth-order valence-corrected chi connectivity index (χ4v) is 2.30. The van der Waals surface area contributed by atoms with E-state index in [2.05, 4.69) is 10.2 Å². The Morgan fingerprint density at radius 1 is 1.21 bits per heavy atom. The third-order valence-corrected chi connectivity index (χ3v) is 3.30. The number of benzene rings is 1. The molecule has 1 aliphatic heterocycles. The molecule has 0 saturated carbocycles. The van der Waals surface area contributed by atoms with Gasteiger partial charge >= 0.3 is 0 Å². The van der Waals surface area contributed by atoms with Gasteiger partial charge in [0.15, 0.2) is 0 Å². The van der Waals surface area contributed by atoms with Crippen molar-refractivity contribution in [3.8, 4) is 0 Å². The number of hydrogen-bond donors (Lipinski definition) is 0. The fourth-order valence-electron chi connectivity index (χ4n) is 2.30. The zero-order chi connectivity index (χ0) is 13.2. The minimum absolute atomic E-state index is 0.0744. The molecule has 1 aromatic heterocycles. The molecule has 6 heteroatoms. The number of nitrogens with zero attached hydrogens (tertiary/aromatic N) is 4. The van der Waals surface area contributed by atoms with Crippen molar-refractivity contribution in [1.29, 1.82) is 0 Å². The molecular formula is C13H13FN4O. The van der Waals surface area contributed by atoms with Gasteiger partial charge in [0.2, 0.25) is 0 Å². The molecule has 0 bridgehead atoms. The molecule has 0 radical (unpaired) electrons. The molecule has 0 aliphatic carbocycles. The molecule has 98 valence electrons. The van der Waals surface area contributed by atoms with E-state index in [1.807, 2.05) is 0 Å². The number of carbonyl (C=O) groups excluding carboxylic acids is 1. The van der Waals surface area contributed by atoms with E-state index in [0.29, 0.717) is 18.7 Å². The summed E-state index contributed by atoms with van der Waals surface area (Å²) in [5.74, 6) is -0.411. The standard InChI is InChI=1S/C13H13FN4O/c14-11-3-1-10(2-4-11)13(19)17-8-5-12(9-17)18-15-6-7-16-18/h1-4,6-7,12H,5,8-9H2. The van der Waals surface area contributed by atoms with Gasteiger partial charge in [-0.05, 0) is 30.7 Å². The van der Waals surface area contributed by atoms with E-state index in [4.69, 9.17) is 0 Å². The summed E-state index contributed by atoms with van der Waals surface area (Å²) in [6.07, 6.45) is 4.09. The highest BCUT2D eigenvalue weighted by molar-refractivity contribution is 5.94. The van der Waals surface area contributed by atoms with E-state index in [1.54, 1.807) is 22.1 Å². The van der Waals surface area contributed by atoms with Gasteiger partial charge in [-0.25, -0.2) is 4.39 Å². The van der Waals surface area contributed by atoms with E-state index < -0.39 is 0 Å².